The van der Waals surface area contributed by atoms with E-state index in [4.69, 9.17) is 4.98 Å². The van der Waals surface area contributed by atoms with E-state index in [0.29, 0.717) is 44.8 Å². The van der Waals surface area contributed by atoms with Crippen molar-refractivity contribution >= 4 is 17.8 Å². The third kappa shape index (κ3) is 4.89. The molecule has 8 heteroatoms. The van der Waals surface area contributed by atoms with E-state index in [9.17, 15) is 14.0 Å². The third-order valence-corrected chi connectivity index (χ3v) is 6.26. The molecule has 4 rings (SSSR count). The number of nitrogens with zero attached hydrogens (tertiary/aromatic N) is 5. The molecule has 7 nitrogen and oxygen atoms in total. The first-order chi connectivity index (χ1) is 15.4. The summed E-state index contributed by atoms with van der Waals surface area (Å²) in [5.74, 6) is 0.682. The maximum atomic E-state index is 13.9. The predicted molar refractivity (Wildman–Crippen MR) is 121 cm³/mol. The molecule has 2 aliphatic heterocycles. The Kier molecular flexibility index (Phi) is 6.67. The third-order valence-electron chi connectivity index (χ3n) is 6.26. The molecule has 2 aliphatic rings. The number of aromatic nitrogens is 2. The number of amides is 2. The zero-order valence-corrected chi connectivity index (χ0v) is 18.8. The van der Waals surface area contributed by atoms with Gasteiger partial charge in [-0.15, -0.1) is 0 Å². The van der Waals surface area contributed by atoms with Crippen LogP contribution >= 0.6 is 0 Å². The van der Waals surface area contributed by atoms with Gasteiger partial charge in [0.1, 0.15) is 5.82 Å². The van der Waals surface area contributed by atoms with E-state index in [0.717, 1.165) is 36.2 Å². The van der Waals surface area contributed by atoms with E-state index < -0.39 is 0 Å². The summed E-state index contributed by atoms with van der Waals surface area (Å²) in [5, 5.41) is 0. The van der Waals surface area contributed by atoms with E-state index in [-0.39, 0.29) is 23.5 Å². The second-order valence-electron chi connectivity index (χ2n) is 8.79. The molecule has 170 valence electrons. The molecular weight excluding hydrogens is 409 g/mol. The molecule has 0 N–H and O–H groups in total. The van der Waals surface area contributed by atoms with Crippen LogP contribution in [0, 0.1) is 5.82 Å². The van der Waals surface area contributed by atoms with E-state index >= 15 is 0 Å². The second-order valence-corrected chi connectivity index (χ2v) is 8.79. The monoisotopic (exact) mass is 439 g/mol. The van der Waals surface area contributed by atoms with Crippen LogP contribution in [0.3, 0.4) is 0 Å². The summed E-state index contributed by atoms with van der Waals surface area (Å²) in [6, 6.07) is 6.46. The lowest BCUT2D eigenvalue weighted by Crippen LogP contribution is -2.30. The Balaban J connectivity index is 1.45. The van der Waals surface area contributed by atoms with Gasteiger partial charge in [-0.1, -0.05) is 12.1 Å². The smallest absolute Gasteiger partial charge is 0.225 e. The molecule has 0 aliphatic carbocycles. The molecule has 2 aromatic rings. The van der Waals surface area contributed by atoms with E-state index in [2.05, 4.69) is 4.98 Å². The highest BCUT2D eigenvalue weighted by Gasteiger charge is 2.31. The van der Waals surface area contributed by atoms with Gasteiger partial charge in [0, 0.05) is 70.8 Å². The molecule has 0 saturated carbocycles. The van der Waals surface area contributed by atoms with Gasteiger partial charge in [0.05, 0.1) is 5.69 Å². The van der Waals surface area contributed by atoms with Crippen molar-refractivity contribution in [2.75, 3.05) is 45.2 Å². The largest absolute Gasteiger partial charge is 0.347 e. The zero-order chi connectivity index (χ0) is 22.7. The van der Waals surface area contributed by atoms with Crippen molar-refractivity contribution in [3.8, 4) is 11.1 Å². The van der Waals surface area contributed by atoms with Gasteiger partial charge in [-0.3, -0.25) is 9.59 Å². The van der Waals surface area contributed by atoms with E-state index in [1.807, 2.05) is 34.9 Å². The molecule has 0 unspecified atom stereocenters. The number of halogens is 1. The standard InChI is InChI=1S/C24H30FN5O2/c1-28(2)24-26-15-20(17-6-3-7-19(25)14-17)23(27-24)18-10-13-30(16-18)22(32)9-5-12-29-11-4-8-21(29)31/h3,6-7,14-15,18H,4-5,8-13,16H2,1-2H3/t18-/m0/s1. The van der Waals surface area contributed by atoms with Crippen LogP contribution in [0.25, 0.3) is 11.1 Å². The highest BCUT2D eigenvalue weighted by atomic mass is 19.1. The summed E-state index contributed by atoms with van der Waals surface area (Å²) >= 11 is 0. The SMILES string of the molecule is CN(C)c1ncc(-c2cccc(F)c2)c([C@H]2CCN(C(=O)CCCN3CCCC3=O)C2)n1. The van der Waals surface area contributed by atoms with Crippen LogP contribution in [0.15, 0.2) is 30.5 Å². The van der Waals surface area contributed by atoms with E-state index in [1.54, 1.807) is 12.3 Å². The summed E-state index contributed by atoms with van der Waals surface area (Å²) in [7, 11) is 3.77. The van der Waals surface area contributed by atoms with Crippen LogP contribution in [0.4, 0.5) is 10.3 Å². The number of hydrogen-bond acceptors (Lipinski definition) is 5. The summed E-state index contributed by atoms with van der Waals surface area (Å²) in [5.41, 5.74) is 2.40. The average molecular weight is 440 g/mol. The predicted octanol–water partition coefficient (Wildman–Crippen LogP) is 3.07. The molecule has 0 radical (unpaired) electrons. The average Bonchev–Trinajstić information content (AvgIpc) is 3.43. The second kappa shape index (κ2) is 9.63. The fourth-order valence-electron chi connectivity index (χ4n) is 4.52. The molecule has 2 saturated heterocycles. The van der Waals surface area contributed by atoms with Crippen LogP contribution in [-0.4, -0.2) is 71.9 Å². The maximum Gasteiger partial charge on any atom is 0.225 e. The number of carbonyl (C=O) groups is 2. The maximum absolute atomic E-state index is 13.9. The minimum absolute atomic E-state index is 0.0686. The molecule has 3 heterocycles. The van der Waals surface area contributed by atoms with Gasteiger partial charge in [-0.05, 0) is 37.0 Å². The topological polar surface area (TPSA) is 69.6 Å². The Morgan fingerprint density at radius 3 is 2.84 bits per heavy atom. The van der Waals surface area contributed by atoms with Gasteiger partial charge >= 0.3 is 0 Å². The molecule has 1 aromatic carbocycles. The number of benzene rings is 1. The van der Waals surface area contributed by atoms with Crippen molar-refractivity contribution in [1.82, 2.24) is 19.8 Å². The molecular formula is C24H30FN5O2. The molecule has 0 bridgehead atoms. The van der Waals surface area contributed by atoms with Gasteiger partial charge in [0.2, 0.25) is 17.8 Å². The van der Waals surface area contributed by atoms with Gasteiger partial charge in [-0.2, -0.15) is 0 Å². The van der Waals surface area contributed by atoms with Crippen molar-refractivity contribution in [1.29, 1.82) is 0 Å². The Morgan fingerprint density at radius 2 is 2.12 bits per heavy atom. The van der Waals surface area contributed by atoms with Crippen molar-refractivity contribution in [3.63, 3.8) is 0 Å². The Morgan fingerprint density at radius 1 is 1.28 bits per heavy atom. The Labute approximate surface area is 188 Å². The van der Waals surface area contributed by atoms with Crippen molar-refractivity contribution in [2.45, 2.75) is 38.0 Å². The van der Waals surface area contributed by atoms with Crippen LogP contribution in [0.5, 0.6) is 0 Å². The van der Waals surface area contributed by atoms with Crippen LogP contribution in [0.1, 0.15) is 43.7 Å². The van der Waals surface area contributed by atoms with Crippen molar-refractivity contribution in [2.24, 2.45) is 0 Å². The number of rotatable bonds is 7. The van der Waals surface area contributed by atoms with Crippen LogP contribution in [-0.2, 0) is 9.59 Å². The fourth-order valence-corrected chi connectivity index (χ4v) is 4.52. The first kappa shape index (κ1) is 22.2. The summed E-state index contributed by atoms with van der Waals surface area (Å²) < 4.78 is 13.9. The minimum atomic E-state index is -0.301. The summed E-state index contributed by atoms with van der Waals surface area (Å²) in [6.07, 6.45) is 5.25. The van der Waals surface area contributed by atoms with Gasteiger partial charge in [-0.25, -0.2) is 14.4 Å². The number of likely N-dealkylation sites (tertiary alicyclic amines) is 2. The minimum Gasteiger partial charge on any atom is -0.347 e. The lowest BCUT2D eigenvalue weighted by atomic mass is 9.96. The summed E-state index contributed by atoms with van der Waals surface area (Å²) in [6.45, 7) is 2.73. The van der Waals surface area contributed by atoms with Crippen LogP contribution in [0.2, 0.25) is 0 Å². The number of anilines is 1. The first-order valence-corrected chi connectivity index (χ1v) is 11.3. The molecule has 2 fully saturated rings. The zero-order valence-electron chi connectivity index (χ0n) is 18.8. The highest BCUT2D eigenvalue weighted by molar-refractivity contribution is 5.79. The van der Waals surface area contributed by atoms with E-state index in [1.165, 1.54) is 12.1 Å². The normalized spacial score (nSPS) is 18.5. The summed E-state index contributed by atoms with van der Waals surface area (Å²) in [4.78, 5) is 39.3. The van der Waals surface area contributed by atoms with Crippen LogP contribution < -0.4 is 4.90 Å². The quantitative estimate of drug-likeness (QED) is 0.663. The molecule has 1 aromatic heterocycles. The van der Waals surface area contributed by atoms with Gasteiger partial charge in [0.15, 0.2) is 0 Å². The van der Waals surface area contributed by atoms with Crippen molar-refractivity contribution in [3.05, 3.63) is 42.0 Å². The molecule has 1 atom stereocenters. The number of hydrogen-bond donors (Lipinski definition) is 0. The van der Waals surface area contributed by atoms with Gasteiger partial charge in [0.25, 0.3) is 0 Å². The number of carbonyl (C=O) groups excluding carboxylic acids is 2. The Bertz CT molecular complexity index is 996. The molecule has 2 amide bonds. The lowest BCUT2D eigenvalue weighted by Gasteiger charge is -2.20. The highest BCUT2D eigenvalue weighted by Crippen LogP contribution is 2.34. The van der Waals surface area contributed by atoms with Crippen molar-refractivity contribution < 1.29 is 14.0 Å². The van der Waals surface area contributed by atoms with Gasteiger partial charge < -0.3 is 14.7 Å². The first-order valence-electron chi connectivity index (χ1n) is 11.3. The molecule has 32 heavy (non-hydrogen) atoms. The molecule has 0 spiro atoms. The lowest BCUT2D eigenvalue weighted by molar-refractivity contribution is -0.131. The Hall–Kier alpha value is -3.03. The fraction of sp³-hybridized carbons (Fsp3) is 0.500.